The van der Waals surface area contributed by atoms with Crippen molar-refractivity contribution in [2.24, 2.45) is 5.92 Å². The van der Waals surface area contributed by atoms with Crippen LogP contribution in [0.1, 0.15) is 24.2 Å². The van der Waals surface area contributed by atoms with Crippen molar-refractivity contribution in [3.63, 3.8) is 0 Å². The van der Waals surface area contributed by atoms with Crippen LogP contribution in [-0.2, 0) is 4.79 Å². The summed E-state index contributed by atoms with van der Waals surface area (Å²) < 4.78 is 7.59. The third-order valence-corrected chi connectivity index (χ3v) is 4.42. The van der Waals surface area contributed by atoms with Gasteiger partial charge in [-0.05, 0) is 57.0 Å². The molecule has 0 unspecified atom stereocenters. The molecule has 26 heavy (non-hydrogen) atoms. The molecule has 1 aliphatic rings. The lowest BCUT2D eigenvalue weighted by atomic mass is 10.3. The van der Waals surface area contributed by atoms with Crippen LogP contribution in [0.4, 0.5) is 5.69 Å². The number of nitrogens with zero attached hydrogens (tertiary/aromatic N) is 4. The lowest BCUT2D eigenvalue weighted by Crippen LogP contribution is -2.12. The van der Waals surface area contributed by atoms with Crippen molar-refractivity contribution < 1.29 is 9.53 Å². The predicted molar refractivity (Wildman–Crippen MR) is 96.5 cm³/mol. The summed E-state index contributed by atoms with van der Waals surface area (Å²) in [5.41, 5.74) is 2.75. The van der Waals surface area contributed by atoms with Gasteiger partial charge in [0, 0.05) is 23.4 Å². The zero-order chi connectivity index (χ0) is 18.1. The number of aryl methyl sites for hydroxylation is 1. The highest BCUT2D eigenvalue weighted by atomic mass is 16.5. The van der Waals surface area contributed by atoms with Gasteiger partial charge in [-0.25, -0.2) is 4.98 Å². The van der Waals surface area contributed by atoms with Gasteiger partial charge in [-0.15, -0.1) is 10.2 Å². The van der Waals surface area contributed by atoms with Crippen molar-refractivity contribution in [2.75, 3.05) is 5.32 Å². The van der Waals surface area contributed by atoms with Crippen LogP contribution in [0, 0.1) is 19.8 Å². The Labute approximate surface area is 151 Å². The molecule has 0 saturated heterocycles. The third-order valence-electron chi connectivity index (χ3n) is 4.42. The van der Waals surface area contributed by atoms with E-state index in [0.29, 0.717) is 17.4 Å². The first-order valence-corrected chi connectivity index (χ1v) is 8.53. The van der Waals surface area contributed by atoms with E-state index in [2.05, 4.69) is 20.5 Å². The van der Waals surface area contributed by atoms with Gasteiger partial charge in [-0.2, -0.15) is 0 Å². The zero-order valence-corrected chi connectivity index (χ0v) is 14.6. The van der Waals surface area contributed by atoms with E-state index < -0.39 is 0 Å². The van der Waals surface area contributed by atoms with Crippen LogP contribution in [-0.4, -0.2) is 25.7 Å². The summed E-state index contributed by atoms with van der Waals surface area (Å²) in [6.07, 6.45) is 3.70. The Kier molecular flexibility index (Phi) is 4.12. The van der Waals surface area contributed by atoms with Crippen molar-refractivity contribution in [1.82, 2.24) is 19.7 Å². The molecule has 1 aliphatic carbocycles. The molecule has 0 atom stereocenters. The largest absolute Gasteiger partial charge is 0.438 e. The number of hydrogen-bond acceptors (Lipinski definition) is 5. The van der Waals surface area contributed by atoms with E-state index in [1.54, 1.807) is 24.5 Å². The number of carbonyl (C=O) groups is 1. The fourth-order valence-corrected chi connectivity index (χ4v) is 2.54. The number of rotatable bonds is 5. The van der Waals surface area contributed by atoms with Gasteiger partial charge in [-0.1, -0.05) is 0 Å². The van der Waals surface area contributed by atoms with Gasteiger partial charge < -0.3 is 10.1 Å². The minimum absolute atomic E-state index is 0.0881. The lowest BCUT2D eigenvalue weighted by molar-refractivity contribution is -0.117. The molecule has 4 rings (SSSR count). The standard InChI is InChI=1S/C19H19N5O2/c1-12-13(2)24(11-20-12)17-9-10-18(23-22-17)26-16-7-5-15(6-8-16)21-19(25)14-3-4-14/h5-11,14H,3-4H2,1-2H3,(H,21,25). The minimum atomic E-state index is 0.0881. The molecule has 3 aromatic rings. The number of carbonyl (C=O) groups excluding carboxylic acids is 1. The molecule has 1 amide bonds. The van der Waals surface area contributed by atoms with Crippen LogP contribution in [0.2, 0.25) is 0 Å². The highest BCUT2D eigenvalue weighted by Gasteiger charge is 2.29. The molecule has 2 heterocycles. The molecule has 0 radical (unpaired) electrons. The molecule has 7 nitrogen and oxygen atoms in total. The average molecular weight is 349 g/mol. The van der Waals surface area contributed by atoms with Gasteiger partial charge in [0.2, 0.25) is 11.8 Å². The van der Waals surface area contributed by atoms with Crippen LogP contribution >= 0.6 is 0 Å². The second-order valence-electron chi connectivity index (χ2n) is 6.41. The Morgan fingerprint density at radius 1 is 1.12 bits per heavy atom. The molecular weight excluding hydrogens is 330 g/mol. The number of amides is 1. The Morgan fingerprint density at radius 2 is 1.88 bits per heavy atom. The quantitative estimate of drug-likeness (QED) is 0.763. The average Bonchev–Trinajstić information content (AvgIpc) is 3.45. The highest BCUT2D eigenvalue weighted by Crippen LogP contribution is 2.30. The minimum Gasteiger partial charge on any atom is -0.438 e. The maximum Gasteiger partial charge on any atom is 0.238 e. The van der Waals surface area contributed by atoms with Crippen molar-refractivity contribution in [3.05, 3.63) is 54.1 Å². The van der Waals surface area contributed by atoms with Gasteiger partial charge >= 0.3 is 0 Å². The number of aromatic nitrogens is 4. The Balaban J connectivity index is 1.42. The monoisotopic (exact) mass is 349 g/mol. The Bertz CT molecular complexity index is 928. The third kappa shape index (κ3) is 3.42. The number of hydrogen-bond donors (Lipinski definition) is 1. The van der Waals surface area contributed by atoms with E-state index in [-0.39, 0.29) is 11.8 Å². The van der Waals surface area contributed by atoms with Gasteiger partial charge in [0.05, 0.1) is 5.69 Å². The van der Waals surface area contributed by atoms with Crippen LogP contribution in [0.3, 0.4) is 0 Å². The van der Waals surface area contributed by atoms with Crippen LogP contribution in [0.15, 0.2) is 42.7 Å². The number of anilines is 1. The van der Waals surface area contributed by atoms with Crippen molar-refractivity contribution in [2.45, 2.75) is 26.7 Å². The van der Waals surface area contributed by atoms with Gasteiger partial charge in [0.25, 0.3) is 0 Å². The Hall–Kier alpha value is -3.22. The van der Waals surface area contributed by atoms with Crippen molar-refractivity contribution >= 4 is 11.6 Å². The molecular formula is C19H19N5O2. The van der Waals surface area contributed by atoms with E-state index in [9.17, 15) is 4.79 Å². The molecule has 2 aromatic heterocycles. The number of nitrogens with one attached hydrogen (secondary N) is 1. The topological polar surface area (TPSA) is 81.9 Å². The van der Waals surface area contributed by atoms with E-state index in [1.165, 1.54) is 0 Å². The fourth-order valence-electron chi connectivity index (χ4n) is 2.54. The zero-order valence-electron chi connectivity index (χ0n) is 14.6. The van der Waals surface area contributed by atoms with Crippen LogP contribution in [0.25, 0.3) is 5.82 Å². The fraction of sp³-hybridized carbons (Fsp3) is 0.263. The number of imidazole rings is 1. The van der Waals surface area contributed by atoms with E-state index >= 15 is 0 Å². The van der Waals surface area contributed by atoms with Crippen molar-refractivity contribution in [1.29, 1.82) is 0 Å². The maximum atomic E-state index is 11.8. The van der Waals surface area contributed by atoms with Crippen molar-refractivity contribution in [3.8, 4) is 17.4 Å². The second kappa shape index (κ2) is 6.59. The summed E-state index contributed by atoms with van der Waals surface area (Å²) in [6.45, 7) is 3.94. The summed E-state index contributed by atoms with van der Waals surface area (Å²) in [4.78, 5) is 16.0. The van der Waals surface area contributed by atoms with Gasteiger partial charge in [0.1, 0.15) is 12.1 Å². The summed E-state index contributed by atoms with van der Waals surface area (Å²) in [6, 6.07) is 10.8. The summed E-state index contributed by atoms with van der Waals surface area (Å²) in [5, 5.41) is 11.2. The summed E-state index contributed by atoms with van der Waals surface area (Å²) in [5.74, 6) is 1.99. The molecule has 7 heteroatoms. The second-order valence-corrected chi connectivity index (χ2v) is 6.41. The molecule has 1 fully saturated rings. The Morgan fingerprint density at radius 3 is 2.46 bits per heavy atom. The normalized spacial score (nSPS) is 13.5. The van der Waals surface area contributed by atoms with Gasteiger partial charge in [-0.3, -0.25) is 9.36 Å². The molecule has 1 N–H and O–H groups in total. The molecule has 0 bridgehead atoms. The maximum absolute atomic E-state index is 11.8. The van der Waals surface area contributed by atoms with Crippen LogP contribution in [0.5, 0.6) is 11.6 Å². The molecule has 132 valence electrons. The first kappa shape index (κ1) is 16.3. The summed E-state index contributed by atoms with van der Waals surface area (Å²) in [7, 11) is 0. The van der Waals surface area contributed by atoms with Gasteiger partial charge in [0.15, 0.2) is 5.82 Å². The number of ether oxygens (including phenoxy) is 1. The molecule has 0 spiro atoms. The van der Waals surface area contributed by atoms with E-state index in [4.69, 9.17) is 4.74 Å². The lowest BCUT2D eigenvalue weighted by Gasteiger charge is -2.08. The first-order valence-electron chi connectivity index (χ1n) is 8.53. The van der Waals surface area contributed by atoms with E-state index in [0.717, 1.165) is 29.9 Å². The van der Waals surface area contributed by atoms with Crippen LogP contribution < -0.4 is 10.1 Å². The smallest absolute Gasteiger partial charge is 0.238 e. The number of benzene rings is 1. The SMILES string of the molecule is Cc1ncn(-c2ccc(Oc3ccc(NC(=O)C4CC4)cc3)nn2)c1C. The summed E-state index contributed by atoms with van der Waals surface area (Å²) >= 11 is 0. The first-order chi connectivity index (χ1) is 12.6. The molecule has 1 saturated carbocycles. The predicted octanol–water partition coefficient (Wildman–Crippen LogP) is 3.42. The molecule has 0 aliphatic heterocycles. The molecule has 1 aromatic carbocycles. The highest BCUT2D eigenvalue weighted by molar-refractivity contribution is 5.94. The van der Waals surface area contributed by atoms with E-state index in [1.807, 2.05) is 36.6 Å².